The highest BCUT2D eigenvalue weighted by atomic mass is 79.9. The first-order valence-corrected chi connectivity index (χ1v) is 11.6. The Bertz CT molecular complexity index is 1130. The number of hydrogen-bond acceptors (Lipinski definition) is 3. The monoisotopic (exact) mass is 495 g/mol. The van der Waals surface area contributed by atoms with Crippen molar-refractivity contribution in [3.05, 3.63) is 99.0 Å². The first-order valence-electron chi connectivity index (χ1n) is 10.4. The highest BCUT2D eigenvalue weighted by Gasteiger charge is 2.38. The van der Waals surface area contributed by atoms with Crippen LogP contribution in [0.3, 0.4) is 0 Å². The normalized spacial score (nSPS) is 21.2. The molecule has 1 aliphatic carbocycles. The second-order valence-electron chi connectivity index (χ2n) is 8.02. The third-order valence-corrected chi connectivity index (χ3v) is 6.99. The van der Waals surface area contributed by atoms with Gasteiger partial charge in [-0.1, -0.05) is 54.1 Å². The van der Waals surface area contributed by atoms with Crippen LogP contribution in [-0.4, -0.2) is 7.11 Å². The number of halogens is 2. The number of allylic oxidation sites excluding steroid dienone is 2. The molecule has 0 spiro atoms. The van der Waals surface area contributed by atoms with E-state index in [1.165, 1.54) is 11.1 Å². The summed E-state index contributed by atoms with van der Waals surface area (Å²) in [5.74, 6) is 2.24. The van der Waals surface area contributed by atoms with Gasteiger partial charge in [-0.25, -0.2) is 0 Å². The van der Waals surface area contributed by atoms with Crippen molar-refractivity contribution in [1.82, 2.24) is 0 Å². The van der Waals surface area contributed by atoms with E-state index in [4.69, 9.17) is 21.1 Å². The molecule has 0 radical (unpaired) electrons. The Balaban J connectivity index is 1.46. The standard InChI is InChI=1S/C26H23BrClNO2/c1-30-24-13-17(12-22(27)26(24)31-15-16-6-3-2-4-7-16)25-20-9-5-8-19(20)21-14-18(28)10-11-23(21)29-25/h2-8,10-14,19-20,25,29H,9,15H2,1H3/t19-,20+,25+/m1/s1. The van der Waals surface area contributed by atoms with Gasteiger partial charge in [0.15, 0.2) is 11.5 Å². The average Bonchev–Trinajstić information content (AvgIpc) is 3.28. The molecule has 0 saturated heterocycles. The van der Waals surface area contributed by atoms with Crippen LogP contribution < -0.4 is 14.8 Å². The molecule has 3 atom stereocenters. The third-order valence-electron chi connectivity index (χ3n) is 6.16. The maximum Gasteiger partial charge on any atom is 0.175 e. The third kappa shape index (κ3) is 3.95. The van der Waals surface area contributed by atoms with Gasteiger partial charge in [0.2, 0.25) is 0 Å². The van der Waals surface area contributed by atoms with Crippen molar-refractivity contribution in [3.63, 3.8) is 0 Å². The molecule has 0 saturated carbocycles. The molecule has 0 bridgehead atoms. The minimum absolute atomic E-state index is 0.169. The summed E-state index contributed by atoms with van der Waals surface area (Å²) in [5, 5.41) is 4.53. The van der Waals surface area contributed by atoms with Crippen LogP contribution in [-0.2, 0) is 6.61 Å². The van der Waals surface area contributed by atoms with Crippen LogP contribution in [0.5, 0.6) is 11.5 Å². The van der Waals surface area contributed by atoms with Crippen molar-refractivity contribution in [2.24, 2.45) is 5.92 Å². The Morgan fingerprint density at radius 1 is 1.10 bits per heavy atom. The molecule has 0 unspecified atom stereocenters. The Hall–Kier alpha value is -2.43. The van der Waals surface area contributed by atoms with E-state index in [2.05, 4.69) is 69.8 Å². The summed E-state index contributed by atoms with van der Waals surface area (Å²) in [5.41, 5.74) is 4.71. The van der Waals surface area contributed by atoms with E-state index in [1.807, 2.05) is 24.3 Å². The summed E-state index contributed by atoms with van der Waals surface area (Å²) in [6.07, 6.45) is 5.63. The van der Waals surface area contributed by atoms with Gasteiger partial charge in [0, 0.05) is 16.6 Å². The maximum atomic E-state index is 6.28. The van der Waals surface area contributed by atoms with Crippen LogP contribution in [0.2, 0.25) is 5.02 Å². The Kier molecular flexibility index (Phi) is 5.68. The van der Waals surface area contributed by atoms with Crippen LogP contribution in [0.4, 0.5) is 5.69 Å². The minimum atomic E-state index is 0.169. The summed E-state index contributed by atoms with van der Waals surface area (Å²) in [6, 6.07) is 20.7. The van der Waals surface area contributed by atoms with Crippen molar-refractivity contribution < 1.29 is 9.47 Å². The molecule has 2 aliphatic rings. The number of rotatable bonds is 5. The molecular formula is C26H23BrClNO2. The van der Waals surface area contributed by atoms with E-state index in [-0.39, 0.29) is 6.04 Å². The molecule has 1 N–H and O–H groups in total. The molecule has 31 heavy (non-hydrogen) atoms. The molecule has 0 aromatic heterocycles. The van der Waals surface area contributed by atoms with Gasteiger partial charge in [-0.3, -0.25) is 0 Å². The van der Waals surface area contributed by atoms with Crippen LogP contribution in [0.1, 0.15) is 35.1 Å². The molecule has 1 aliphatic heterocycles. The predicted molar refractivity (Wildman–Crippen MR) is 129 cm³/mol. The fourth-order valence-electron chi connectivity index (χ4n) is 4.68. The van der Waals surface area contributed by atoms with Crippen molar-refractivity contribution >= 4 is 33.2 Å². The molecule has 0 fully saturated rings. The number of hydrogen-bond donors (Lipinski definition) is 1. The lowest BCUT2D eigenvalue weighted by atomic mass is 9.77. The van der Waals surface area contributed by atoms with Crippen LogP contribution in [0.15, 0.2) is 77.3 Å². The van der Waals surface area contributed by atoms with Crippen LogP contribution >= 0.6 is 27.5 Å². The predicted octanol–water partition coefficient (Wildman–Crippen LogP) is 7.52. The van der Waals surface area contributed by atoms with Gasteiger partial charge in [-0.05, 0) is 75.3 Å². The highest BCUT2D eigenvalue weighted by molar-refractivity contribution is 9.10. The zero-order valence-electron chi connectivity index (χ0n) is 17.1. The average molecular weight is 497 g/mol. The van der Waals surface area contributed by atoms with Gasteiger partial charge in [0.1, 0.15) is 6.61 Å². The Morgan fingerprint density at radius 3 is 2.74 bits per heavy atom. The smallest absolute Gasteiger partial charge is 0.175 e. The van der Waals surface area contributed by atoms with Gasteiger partial charge >= 0.3 is 0 Å². The fourth-order valence-corrected chi connectivity index (χ4v) is 5.44. The maximum absolute atomic E-state index is 6.28. The van der Waals surface area contributed by atoms with Crippen molar-refractivity contribution in [2.45, 2.75) is 25.0 Å². The van der Waals surface area contributed by atoms with Gasteiger partial charge in [0.25, 0.3) is 0 Å². The van der Waals surface area contributed by atoms with E-state index >= 15 is 0 Å². The van der Waals surface area contributed by atoms with Gasteiger partial charge in [-0.2, -0.15) is 0 Å². The van der Waals surface area contributed by atoms with Gasteiger partial charge in [-0.15, -0.1) is 0 Å². The molecule has 3 aromatic carbocycles. The summed E-state index contributed by atoms with van der Waals surface area (Å²) in [6.45, 7) is 0.486. The quantitative estimate of drug-likeness (QED) is 0.371. The number of nitrogens with one attached hydrogen (secondary N) is 1. The Labute approximate surface area is 196 Å². The van der Waals surface area contributed by atoms with E-state index in [1.54, 1.807) is 7.11 Å². The van der Waals surface area contributed by atoms with Crippen LogP contribution in [0, 0.1) is 5.92 Å². The molecule has 3 nitrogen and oxygen atoms in total. The molecule has 1 heterocycles. The summed E-state index contributed by atoms with van der Waals surface area (Å²) >= 11 is 10.0. The second-order valence-corrected chi connectivity index (χ2v) is 9.31. The summed E-state index contributed by atoms with van der Waals surface area (Å²) in [4.78, 5) is 0. The summed E-state index contributed by atoms with van der Waals surface area (Å²) < 4.78 is 12.7. The highest BCUT2D eigenvalue weighted by Crippen LogP contribution is 2.51. The second kappa shape index (κ2) is 8.60. The van der Waals surface area contributed by atoms with Crippen LogP contribution in [0.25, 0.3) is 0 Å². The molecule has 3 aromatic rings. The lowest BCUT2D eigenvalue weighted by molar-refractivity contribution is 0.282. The zero-order chi connectivity index (χ0) is 21.4. The largest absolute Gasteiger partial charge is 0.493 e. The first-order chi connectivity index (χ1) is 15.1. The number of methoxy groups -OCH3 is 1. The number of fused-ring (bicyclic) bond motifs is 3. The Morgan fingerprint density at radius 2 is 1.94 bits per heavy atom. The molecule has 158 valence electrons. The zero-order valence-corrected chi connectivity index (χ0v) is 19.5. The van der Waals surface area contributed by atoms with Gasteiger partial charge < -0.3 is 14.8 Å². The minimum Gasteiger partial charge on any atom is -0.493 e. The molecule has 5 heteroatoms. The van der Waals surface area contributed by atoms with E-state index in [0.717, 1.165) is 38.7 Å². The SMILES string of the molecule is COc1cc([C@@H]2Nc3ccc(Cl)cc3[C@@H]3C=CC[C@@H]32)cc(Br)c1OCc1ccccc1. The lowest BCUT2D eigenvalue weighted by Crippen LogP contribution is -2.29. The van der Waals surface area contributed by atoms with Crippen molar-refractivity contribution in [3.8, 4) is 11.5 Å². The molecule has 5 rings (SSSR count). The topological polar surface area (TPSA) is 30.5 Å². The lowest BCUT2D eigenvalue weighted by Gasteiger charge is -2.38. The number of ether oxygens (including phenoxy) is 2. The first kappa shape index (κ1) is 20.5. The fraction of sp³-hybridized carbons (Fsp3) is 0.231. The number of anilines is 1. The molecule has 0 amide bonds. The van der Waals surface area contributed by atoms with Gasteiger partial charge in [0.05, 0.1) is 17.6 Å². The van der Waals surface area contributed by atoms with Crippen molar-refractivity contribution in [1.29, 1.82) is 0 Å². The van der Waals surface area contributed by atoms with E-state index in [0.29, 0.717) is 18.4 Å². The summed E-state index contributed by atoms with van der Waals surface area (Å²) in [7, 11) is 1.69. The molecular weight excluding hydrogens is 474 g/mol. The van der Waals surface area contributed by atoms with E-state index in [9.17, 15) is 0 Å². The van der Waals surface area contributed by atoms with Crippen molar-refractivity contribution in [2.75, 3.05) is 12.4 Å². The van der Waals surface area contributed by atoms with E-state index < -0.39 is 0 Å². The number of benzene rings is 3.